The zero-order valence-electron chi connectivity index (χ0n) is 10.9. The molecule has 6 rings (SSSR count). The van der Waals surface area contributed by atoms with E-state index in [1.807, 2.05) is 0 Å². The van der Waals surface area contributed by atoms with Gasteiger partial charge in [-0.15, -0.1) is 0 Å². The van der Waals surface area contributed by atoms with Gasteiger partial charge in [0.1, 0.15) is 0 Å². The summed E-state index contributed by atoms with van der Waals surface area (Å²) in [6.07, 6.45) is 2.44. The molecule has 4 aliphatic rings. The summed E-state index contributed by atoms with van der Waals surface area (Å²) in [5, 5.41) is 1.70. The predicted molar refractivity (Wildman–Crippen MR) is 85.4 cm³/mol. The monoisotopic (exact) mass is 333 g/mol. The van der Waals surface area contributed by atoms with Crippen LogP contribution in [0.3, 0.4) is 0 Å². The average Bonchev–Trinajstić information content (AvgIpc) is 2.54. The van der Waals surface area contributed by atoms with E-state index in [0.29, 0.717) is 11.8 Å². The van der Waals surface area contributed by atoms with E-state index in [9.17, 15) is 0 Å². The number of benzene rings is 2. The first-order valence-electron chi connectivity index (χ1n) is 6.99. The molecule has 0 saturated heterocycles. The molecule has 3 aliphatic carbocycles. The summed E-state index contributed by atoms with van der Waals surface area (Å²) in [7, 11) is 0. The van der Waals surface area contributed by atoms with Gasteiger partial charge in [0.05, 0.1) is 0 Å². The molecule has 0 aromatic heterocycles. The average molecular weight is 332 g/mol. The fraction of sp³-hybridized carbons (Fsp3) is 0.111. The van der Waals surface area contributed by atoms with Crippen molar-refractivity contribution in [3.05, 3.63) is 92.7 Å². The van der Waals surface area contributed by atoms with Crippen molar-refractivity contribution in [1.29, 1.82) is 0 Å². The summed E-state index contributed by atoms with van der Waals surface area (Å²) in [6, 6.07) is 18.2. The SMILES string of the molecule is [CH]1=CC2=C([P]=[Ge]1)C1c3ccccc3C2c2ccccc21. The molecule has 1 radical (unpaired) electrons. The Morgan fingerprint density at radius 3 is 1.90 bits per heavy atom. The molecule has 0 spiro atoms. The van der Waals surface area contributed by atoms with Crippen LogP contribution in [-0.2, 0) is 0 Å². The molecular formula is C18H12GeP. The molecule has 0 fully saturated rings. The van der Waals surface area contributed by atoms with Crippen molar-refractivity contribution in [3.8, 4) is 0 Å². The molecule has 0 amide bonds. The van der Waals surface area contributed by atoms with E-state index in [1.54, 1.807) is 28.8 Å². The maximum atomic E-state index is 2.46. The van der Waals surface area contributed by atoms with E-state index in [-0.39, 0.29) is 14.5 Å². The first kappa shape index (κ1) is 11.4. The molecule has 2 aromatic rings. The molecule has 1 heterocycles. The van der Waals surface area contributed by atoms with Crippen LogP contribution in [-0.4, -0.2) is 14.5 Å². The van der Waals surface area contributed by atoms with Crippen LogP contribution in [0.15, 0.2) is 70.4 Å². The van der Waals surface area contributed by atoms with Crippen LogP contribution in [0.4, 0.5) is 0 Å². The third-order valence-corrected chi connectivity index (χ3v) is 9.29. The van der Waals surface area contributed by atoms with E-state index in [4.69, 9.17) is 0 Å². The fourth-order valence-corrected chi connectivity index (χ4v) is 8.74. The molecule has 0 saturated carbocycles. The van der Waals surface area contributed by atoms with Crippen LogP contribution in [0, 0.1) is 0 Å². The van der Waals surface area contributed by atoms with Gasteiger partial charge in [-0.25, -0.2) is 0 Å². The van der Waals surface area contributed by atoms with Crippen molar-refractivity contribution >= 4 is 21.3 Å². The van der Waals surface area contributed by atoms with Gasteiger partial charge in [-0.05, 0) is 0 Å². The van der Waals surface area contributed by atoms with Gasteiger partial charge in [0.25, 0.3) is 0 Å². The van der Waals surface area contributed by atoms with Crippen LogP contribution >= 0.6 is 6.75 Å². The Morgan fingerprint density at radius 1 is 0.750 bits per heavy atom. The zero-order valence-corrected chi connectivity index (χ0v) is 13.9. The summed E-state index contributed by atoms with van der Waals surface area (Å²) in [4.78, 5) is 2.46. The normalized spacial score (nSPS) is 25.2. The van der Waals surface area contributed by atoms with Gasteiger partial charge >= 0.3 is 126 Å². The molecule has 2 aromatic carbocycles. The van der Waals surface area contributed by atoms with Crippen molar-refractivity contribution in [2.45, 2.75) is 11.8 Å². The molecule has 2 bridgehead atoms. The van der Waals surface area contributed by atoms with Gasteiger partial charge in [0.2, 0.25) is 0 Å². The van der Waals surface area contributed by atoms with Gasteiger partial charge < -0.3 is 0 Å². The van der Waals surface area contributed by atoms with E-state index >= 15 is 0 Å². The third kappa shape index (κ3) is 1.34. The topological polar surface area (TPSA) is 0 Å². The van der Waals surface area contributed by atoms with E-state index in [2.05, 4.69) is 59.5 Å². The molecule has 2 heteroatoms. The van der Waals surface area contributed by atoms with Crippen molar-refractivity contribution in [2.75, 3.05) is 0 Å². The Morgan fingerprint density at radius 2 is 1.30 bits per heavy atom. The zero-order chi connectivity index (χ0) is 13.1. The predicted octanol–water partition coefficient (Wildman–Crippen LogP) is 4.62. The molecule has 1 aliphatic heterocycles. The standard InChI is InChI=1S/C18H12GeP/c1-3-7-13-11(5-1)16-12-6-2-4-8-14(12)17(13)18-15(16)9-10-19-20-18/h1-10,16-17H. The van der Waals surface area contributed by atoms with E-state index in [0.717, 1.165) is 0 Å². The second-order valence-corrected chi connectivity index (χ2v) is 10.2. The van der Waals surface area contributed by atoms with Gasteiger partial charge in [-0.3, -0.25) is 0 Å². The van der Waals surface area contributed by atoms with Crippen molar-refractivity contribution in [2.24, 2.45) is 0 Å². The molecule has 0 N–H and O–H groups in total. The summed E-state index contributed by atoms with van der Waals surface area (Å²) >= 11 is 0.0774. The van der Waals surface area contributed by atoms with E-state index < -0.39 is 0 Å². The van der Waals surface area contributed by atoms with Crippen LogP contribution in [0.2, 0.25) is 0 Å². The van der Waals surface area contributed by atoms with Crippen molar-refractivity contribution in [3.63, 3.8) is 0 Å². The molecule has 20 heavy (non-hydrogen) atoms. The molecule has 0 nitrogen and oxygen atoms in total. The Balaban J connectivity index is 1.91. The van der Waals surface area contributed by atoms with E-state index in [1.165, 1.54) is 11.1 Å². The van der Waals surface area contributed by atoms with Crippen molar-refractivity contribution in [1.82, 2.24) is 0 Å². The second kappa shape index (κ2) is 4.13. The van der Waals surface area contributed by atoms with Crippen molar-refractivity contribution < 1.29 is 0 Å². The summed E-state index contributed by atoms with van der Waals surface area (Å²) in [5.74, 6) is 1.01. The Labute approximate surface area is 125 Å². The Bertz CT molecular complexity index is 713. The minimum absolute atomic E-state index is 0.0774. The molecule has 0 unspecified atom stereocenters. The summed E-state index contributed by atoms with van der Waals surface area (Å²) in [6.45, 7) is 1.62. The van der Waals surface area contributed by atoms with Gasteiger partial charge in [-0.2, -0.15) is 0 Å². The Hall–Kier alpha value is -1.24. The van der Waals surface area contributed by atoms with Gasteiger partial charge in [0.15, 0.2) is 0 Å². The molecule has 93 valence electrons. The Kier molecular flexibility index (Phi) is 2.36. The summed E-state index contributed by atoms with van der Waals surface area (Å²) in [5.41, 5.74) is 7.80. The van der Waals surface area contributed by atoms with Crippen LogP contribution in [0.1, 0.15) is 34.1 Å². The minimum atomic E-state index is 0.0774. The number of allylic oxidation sites excluding steroid dienone is 3. The first-order chi connectivity index (χ1) is 9.95. The van der Waals surface area contributed by atoms with Crippen LogP contribution in [0.5, 0.6) is 0 Å². The second-order valence-electron chi connectivity index (χ2n) is 5.54. The number of rotatable bonds is 0. The quantitative estimate of drug-likeness (QED) is 0.488. The van der Waals surface area contributed by atoms with Crippen LogP contribution in [0.25, 0.3) is 0 Å². The fourth-order valence-electron chi connectivity index (χ4n) is 3.90. The summed E-state index contributed by atoms with van der Waals surface area (Å²) < 4.78 is 0. The molecular weight excluding hydrogens is 320 g/mol. The third-order valence-electron chi connectivity index (χ3n) is 4.64. The number of hydrogen-bond donors (Lipinski definition) is 0. The maximum absolute atomic E-state index is 2.46. The van der Waals surface area contributed by atoms with Gasteiger partial charge in [-0.1, -0.05) is 0 Å². The molecule has 0 atom stereocenters. The van der Waals surface area contributed by atoms with Crippen LogP contribution < -0.4 is 0 Å². The van der Waals surface area contributed by atoms with Gasteiger partial charge in [0, 0.05) is 0 Å². The first-order valence-corrected chi connectivity index (χ1v) is 11.9. The number of hydrogen-bond acceptors (Lipinski definition) is 0.